The smallest absolute Gasteiger partial charge is 0.263 e. The third-order valence-electron chi connectivity index (χ3n) is 5.64. The van der Waals surface area contributed by atoms with Crippen LogP contribution >= 0.6 is 46.3 Å². The zero-order chi connectivity index (χ0) is 27.7. The molecule has 4 rings (SSSR count). The van der Waals surface area contributed by atoms with Gasteiger partial charge in [0.25, 0.3) is 5.01 Å². The number of allylic oxidation sites excluding steroid dienone is 2. The lowest BCUT2D eigenvalue weighted by Crippen LogP contribution is -2.36. The Labute approximate surface area is 240 Å². The highest BCUT2D eigenvalue weighted by Crippen LogP contribution is 2.47. The molecule has 2 heterocycles. The van der Waals surface area contributed by atoms with Crippen molar-refractivity contribution in [3.8, 4) is 0 Å². The average Bonchev–Trinajstić information content (AvgIpc) is 3.29. The van der Waals surface area contributed by atoms with Gasteiger partial charge in [-0.3, -0.25) is 0 Å². The van der Waals surface area contributed by atoms with Gasteiger partial charge in [-0.1, -0.05) is 46.3 Å². The highest BCUT2D eigenvalue weighted by atomic mass is 35.5. The van der Waals surface area contributed by atoms with Crippen LogP contribution in [0.3, 0.4) is 0 Å². The first-order chi connectivity index (χ1) is 17.8. The number of hydrogen-bond donors (Lipinski definition) is 0. The Kier molecular flexibility index (Phi) is 9.15. The lowest BCUT2D eigenvalue weighted by molar-refractivity contribution is -0.668. The van der Waals surface area contributed by atoms with E-state index in [1.54, 1.807) is 12.1 Å². The standard InChI is InChI=1S/C24H24Cl2N2O6S4/c1-16(12-23-27(8-2-10-37(29,30)31)19-14-17(25)4-6-21(19)35-23)13-24-28(9-3-11-38(32,33)34)20-15-18(26)5-7-22(20)36-24/h4-7,12-15H,2-3,8-11H2,1H3,(H-,29,30,31,32,33,34)/p-1. The quantitative estimate of drug-likeness (QED) is 0.220. The van der Waals surface area contributed by atoms with Gasteiger partial charge in [0, 0.05) is 51.6 Å². The van der Waals surface area contributed by atoms with Crippen LogP contribution < -0.4 is 9.47 Å². The van der Waals surface area contributed by atoms with Gasteiger partial charge in [0.1, 0.15) is 4.70 Å². The molecule has 0 aliphatic carbocycles. The topological polar surface area (TPSA) is 122 Å². The molecule has 1 aliphatic heterocycles. The van der Waals surface area contributed by atoms with Crippen molar-refractivity contribution in [2.75, 3.05) is 23.0 Å². The van der Waals surface area contributed by atoms with Crippen LogP contribution in [0.25, 0.3) is 16.3 Å². The summed E-state index contributed by atoms with van der Waals surface area (Å²) >= 11 is 15.5. The van der Waals surface area contributed by atoms with E-state index in [0.717, 1.165) is 36.4 Å². The summed E-state index contributed by atoms with van der Waals surface area (Å²) in [5.41, 5.74) is 2.57. The molecule has 0 fully saturated rings. The van der Waals surface area contributed by atoms with Gasteiger partial charge in [0.05, 0.1) is 31.0 Å². The fourth-order valence-corrected chi connectivity index (χ4v) is 7.71. The van der Waals surface area contributed by atoms with E-state index in [-0.39, 0.29) is 12.8 Å². The Morgan fingerprint density at radius 1 is 1.00 bits per heavy atom. The molecule has 0 bridgehead atoms. The number of rotatable bonds is 10. The van der Waals surface area contributed by atoms with Crippen molar-refractivity contribution in [2.45, 2.75) is 31.2 Å². The number of benzene rings is 2. The van der Waals surface area contributed by atoms with Gasteiger partial charge in [-0.15, -0.1) is 0 Å². The Morgan fingerprint density at radius 3 is 2.37 bits per heavy atom. The number of aryl methyl sites for hydroxylation is 1. The van der Waals surface area contributed by atoms with Crippen LogP contribution in [0.1, 0.15) is 24.8 Å². The van der Waals surface area contributed by atoms with Gasteiger partial charge in [-0.05, 0) is 55.3 Å². The molecular formula is C24H23Cl2N2O6S4-. The van der Waals surface area contributed by atoms with Crippen LogP contribution in [0.15, 0.2) is 58.0 Å². The minimum Gasteiger partial charge on any atom is -0.748 e. The predicted molar refractivity (Wildman–Crippen MR) is 152 cm³/mol. The fraction of sp³-hybridized carbons (Fsp3) is 0.292. The average molecular weight is 635 g/mol. The first-order valence-electron chi connectivity index (χ1n) is 11.4. The molecule has 1 aromatic heterocycles. The molecular weight excluding hydrogens is 611 g/mol. The van der Waals surface area contributed by atoms with Crippen LogP contribution in [-0.4, -0.2) is 44.0 Å². The molecule has 1 aliphatic rings. The summed E-state index contributed by atoms with van der Waals surface area (Å²) < 4.78 is 69.8. The molecule has 3 aromatic rings. The summed E-state index contributed by atoms with van der Waals surface area (Å²) in [6.07, 6.45) is 4.26. The van der Waals surface area contributed by atoms with Gasteiger partial charge < -0.3 is 14.0 Å². The van der Waals surface area contributed by atoms with Crippen LogP contribution in [0.4, 0.5) is 5.69 Å². The fourth-order valence-electron chi connectivity index (χ4n) is 4.05. The number of thioether (sulfide) groups is 1. The third-order valence-corrected chi connectivity index (χ3v) is 9.91. The Morgan fingerprint density at radius 2 is 1.66 bits per heavy atom. The van der Waals surface area contributed by atoms with Crippen molar-refractivity contribution in [3.63, 3.8) is 0 Å². The van der Waals surface area contributed by atoms with Gasteiger partial charge in [0.2, 0.25) is 5.52 Å². The van der Waals surface area contributed by atoms with E-state index < -0.39 is 31.7 Å². The Bertz CT molecular complexity index is 1650. The summed E-state index contributed by atoms with van der Waals surface area (Å²) in [7, 11) is -8.66. The maximum Gasteiger partial charge on any atom is 0.263 e. The molecule has 14 heteroatoms. The van der Waals surface area contributed by atoms with Crippen molar-refractivity contribution < 1.29 is 30.5 Å². The molecule has 8 nitrogen and oxygen atoms in total. The zero-order valence-electron chi connectivity index (χ0n) is 20.1. The highest BCUT2D eigenvalue weighted by Gasteiger charge is 2.26. The number of thiazole rings is 1. The molecule has 0 atom stereocenters. The minimum atomic E-state index is -4.33. The maximum absolute atomic E-state index is 11.1. The van der Waals surface area contributed by atoms with E-state index in [1.165, 1.54) is 23.1 Å². The van der Waals surface area contributed by atoms with Crippen molar-refractivity contribution in [3.05, 3.63) is 68.1 Å². The minimum absolute atomic E-state index is 0.165. The largest absolute Gasteiger partial charge is 0.748 e. The third kappa shape index (κ3) is 7.72. The molecule has 0 N–H and O–H groups in total. The highest BCUT2D eigenvalue weighted by molar-refractivity contribution is 8.03. The SMILES string of the molecule is CC(=Cc1sc2ccc(Cl)cc2[n+]1CCCS(=O)(=O)[O-])C=C1Sc2ccc(Cl)cc2N1CCCS(=O)(=O)[O-]. The van der Waals surface area contributed by atoms with E-state index in [2.05, 4.69) is 0 Å². The molecule has 0 unspecified atom stereocenters. The van der Waals surface area contributed by atoms with Crippen LogP contribution in [0.2, 0.25) is 10.0 Å². The van der Waals surface area contributed by atoms with E-state index in [9.17, 15) is 25.9 Å². The van der Waals surface area contributed by atoms with Crippen LogP contribution in [0, 0.1) is 0 Å². The monoisotopic (exact) mass is 633 g/mol. The van der Waals surface area contributed by atoms with E-state index in [1.807, 2.05) is 52.8 Å². The molecule has 0 spiro atoms. The van der Waals surface area contributed by atoms with Gasteiger partial charge >= 0.3 is 0 Å². The Hall–Kier alpha value is -1.64. The summed E-state index contributed by atoms with van der Waals surface area (Å²) in [5, 5.41) is 2.80. The second kappa shape index (κ2) is 11.8. The van der Waals surface area contributed by atoms with Crippen LogP contribution in [-0.2, 0) is 26.8 Å². The summed E-state index contributed by atoms with van der Waals surface area (Å²) in [6.45, 7) is 2.57. The van der Waals surface area contributed by atoms with E-state index >= 15 is 0 Å². The van der Waals surface area contributed by atoms with Gasteiger partial charge in [0.15, 0.2) is 6.54 Å². The van der Waals surface area contributed by atoms with Gasteiger partial charge in [-0.25, -0.2) is 16.8 Å². The van der Waals surface area contributed by atoms with Crippen molar-refractivity contribution in [1.82, 2.24) is 0 Å². The molecule has 38 heavy (non-hydrogen) atoms. The lowest BCUT2D eigenvalue weighted by atomic mass is 10.2. The summed E-state index contributed by atoms with van der Waals surface area (Å²) in [6, 6.07) is 11.0. The summed E-state index contributed by atoms with van der Waals surface area (Å²) in [4.78, 5) is 2.91. The zero-order valence-corrected chi connectivity index (χ0v) is 24.9. The van der Waals surface area contributed by atoms with Crippen molar-refractivity contribution in [2.24, 2.45) is 0 Å². The maximum atomic E-state index is 11.1. The van der Waals surface area contributed by atoms with E-state index in [4.69, 9.17) is 23.2 Å². The predicted octanol–water partition coefficient (Wildman–Crippen LogP) is 5.22. The number of nitrogens with zero attached hydrogens (tertiary/aromatic N) is 2. The first kappa shape index (κ1) is 29.3. The molecule has 0 amide bonds. The Balaban J connectivity index is 1.67. The molecule has 204 valence electrons. The number of aromatic nitrogens is 1. The normalized spacial score (nSPS) is 15.6. The van der Waals surface area contributed by atoms with Crippen LogP contribution in [0.5, 0.6) is 0 Å². The van der Waals surface area contributed by atoms with E-state index in [0.29, 0.717) is 23.1 Å². The molecule has 0 saturated carbocycles. The number of anilines is 1. The number of fused-ring (bicyclic) bond motifs is 2. The second-order valence-electron chi connectivity index (χ2n) is 8.67. The first-order valence-corrected chi connectivity index (χ1v) is 17.0. The lowest BCUT2D eigenvalue weighted by Gasteiger charge is -2.21. The molecule has 2 aromatic carbocycles. The number of halogens is 2. The number of hydrogen-bond acceptors (Lipinski definition) is 9. The molecule has 0 radical (unpaired) electrons. The summed E-state index contributed by atoms with van der Waals surface area (Å²) in [5.74, 6) is -0.925. The molecule has 0 saturated heterocycles. The van der Waals surface area contributed by atoms with Crippen molar-refractivity contribution >= 4 is 88.5 Å². The second-order valence-corrected chi connectivity index (χ2v) is 14.7. The van der Waals surface area contributed by atoms with Gasteiger partial charge in [-0.2, -0.15) is 4.57 Å². The van der Waals surface area contributed by atoms with Crippen molar-refractivity contribution in [1.29, 1.82) is 0 Å².